The third kappa shape index (κ3) is 5.39. The Kier molecular flexibility index (Phi) is 7.23. The lowest BCUT2D eigenvalue weighted by atomic mass is 10.1. The van der Waals surface area contributed by atoms with Gasteiger partial charge in [-0.05, 0) is 60.5 Å². The maximum absolute atomic E-state index is 13.1. The number of carbonyl (C=O) groups is 3. The Morgan fingerprint density at radius 1 is 1.06 bits per heavy atom. The molecule has 0 aliphatic carbocycles. The zero-order valence-electron chi connectivity index (χ0n) is 18.8. The average Bonchev–Trinajstić information content (AvgIpc) is 2.82. The summed E-state index contributed by atoms with van der Waals surface area (Å²) in [4.78, 5) is 38.9. The zero-order chi connectivity index (χ0) is 25.1. The first-order valence-electron chi connectivity index (χ1n) is 10.5. The lowest BCUT2D eigenvalue weighted by Crippen LogP contribution is -2.54. The summed E-state index contributed by atoms with van der Waals surface area (Å²) in [6.07, 6.45) is 1.36. The van der Waals surface area contributed by atoms with E-state index in [0.717, 1.165) is 20.5 Å². The second-order valence-corrected chi connectivity index (χ2v) is 9.07. The summed E-state index contributed by atoms with van der Waals surface area (Å²) in [5.41, 5.74) is 2.61. The fraction of sp³-hybridized carbons (Fsp3) is 0.115. The number of methoxy groups -OCH3 is 1. The van der Waals surface area contributed by atoms with Gasteiger partial charge in [-0.3, -0.25) is 14.9 Å². The van der Waals surface area contributed by atoms with Crippen LogP contribution in [0, 0.1) is 6.92 Å². The molecule has 0 spiro atoms. The van der Waals surface area contributed by atoms with E-state index in [-0.39, 0.29) is 17.2 Å². The SMILES string of the molecule is COc1cc(/C=C2\C(=O)NC(=O)N(c3ccc(Br)cc3)C2=O)cc(Cl)c1OCc1cccc(C)c1. The second kappa shape index (κ2) is 10.3. The van der Waals surface area contributed by atoms with Gasteiger partial charge in [-0.15, -0.1) is 0 Å². The highest BCUT2D eigenvalue weighted by Crippen LogP contribution is 2.38. The van der Waals surface area contributed by atoms with Gasteiger partial charge in [0.15, 0.2) is 11.5 Å². The monoisotopic (exact) mass is 554 g/mol. The number of nitrogens with one attached hydrogen (secondary N) is 1. The van der Waals surface area contributed by atoms with E-state index in [0.29, 0.717) is 22.7 Å². The van der Waals surface area contributed by atoms with Crippen molar-refractivity contribution in [3.63, 3.8) is 0 Å². The summed E-state index contributed by atoms with van der Waals surface area (Å²) < 4.78 is 12.1. The molecule has 1 aliphatic heterocycles. The van der Waals surface area contributed by atoms with Crippen molar-refractivity contribution in [3.8, 4) is 11.5 Å². The number of aryl methyl sites for hydroxylation is 1. The van der Waals surface area contributed by atoms with E-state index in [2.05, 4.69) is 21.2 Å². The van der Waals surface area contributed by atoms with E-state index in [1.165, 1.54) is 13.2 Å². The van der Waals surface area contributed by atoms with E-state index in [1.807, 2.05) is 31.2 Å². The number of halogens is 2. The molecule has 0 bridgehead atoms. The fourth-order valence-electron chi connectivity index (χ4n) is 3.57. The minimum atomic E-state index is -0.824. The Hall–Kier alpha value is -3.62. The van der Waals surface area contributed by atoms with Gasteiger partial charge in [-0.1, -0.05) is 57.4 Å². The molecule has 0 aromatic heterocycles. The van der Waals surface area contributed by atoms with Crippen LogP contribution in [0.3, 0.4) is 0 Å². The van der Waals surface area contributed by atoms with E-state index < -0.39 is 17.8 Å². The molecule has 9 heteroatoms. The number of ether oxygens (including phenoxy) is 2. The number of carbonyl (C=O) groups excluding carboxylic acids is 3. The first-order chi connectivity index (χ1) is 16.8. The third-order valence-electron chi connectivity index (χ3n) is 5.21. The normalized spacial score (nSPS) is 14.8. The lowest BCUT2D eigenvalue weighted by molar-refractivity contribution is -0.122. The van der Waals surface area contributed by atoms with E-state index in [9.17, 15) is 14.4 Å². The average molecular weight is 556 g/mol. The van der Waals surface area contributed by atoms with Crippen molar-refractivity contribution in [1.82, 2.24) is 5.32 Å². The summed E-state index contributed by atoms with van der Waals surface area (Å²) >= 11 is 9.79. The number of benzene rings is 3. The third-order valence-corrected chi connectivity index (χ3v) is 6.02. The first-order valence-corrected chi connectivity index (χ1v) is 11.7. The molecule has 3 aromatic carbocycles. The molecule has 35 heavy (non-hydrogen) atoms. The Morgan fingerprint density at radius 2 is 1.80 bits per heavy atom. The van der Waals surface area contributed by atoms with Crippen LogP contribution in [0.4, 0.5) is 10.5 Å². The van der Waals surface area contributed by atoms with Crippen LogP contribution in [0.2, 0.25) is 5.02 Å². The van der Waals surface area contributed by atoms with Crippen molar-refractivity contribution >= 4 is 57.1 Å². The Balaban J connectivity index is 1.64. The predicted octanol–water partition coefficient (Wildman–Crippen LogP) is 5.66. The highest BCUT2D eigenvalue weighted by Gasteiger charge is 2.36. The second-order valence-electron chi connectivity index (χ2n) is 7.75. The quantitative estimate of drug-likeness (QED) is 0.313. The first kappa shape index (κ1) is 24.5. The molecule has 7 nitrogen and oxygen atoms in total. The highest BCUT2D eigenvalue weighted by atomic mass is 79.9. The Bertz CT molecular complexity index is 1350. The number of imide groups is 2. The molecule has 4 amide bonds. The van der Waals surface area contributed by atoms with Gasteiger partial charge in [0.1, 0.15) is 12.2 Å². The molecular weight excluding hydrogens is 536 g/mol. The minimum Gasteiger partial charge on any atom is -0.493 e. The summed E-state index contributed by atoms with van der Waals surface area (Å²) in [5, 5.41) is 2.44. The molecule has 0 radical (unpaired) electrons. The number of anilines is 1. The maximum Gasteiger partial charge on any atom is 0.335 e. The number of urea groups is 1. The zero-order valence-corrected chi connectivity index (χ0v) is 21.1. The van der Waals surface area contributed by atoms with Gasteiger partial charge >= 0.3 is 6.03 Å². The molecule has 3 aromatic rings. The van der Waals surface area contributed by atoms with Crippen molar-refractivity contribution in [2.45, 2.75) is 13.5 Å². The van der Waals surface area contributed by atoms with E-state index in [4.69, 9.17) is 21.1 Å². The van der Waals surface area contributed by atoms with Crippen molar-refractivity contribution < 1.29 is 23.9 Å². The minimum absolute atomic E-state index is 0.223. The summed E-state index contributed by atoms with van der Waals surface area (Å²) in [5.74, 6) is -0.885. The molecule has 1 heterocycles. The highest BCUT2D eigenvalue weighted by molar-refractivity contribution is 9.10. The maximum atomic E-state index is 13.1. The summed E-state index contributed by atoms with van der Waals surface area (Å²) in [6, 6.07) is 16.8. The van der Waals surface area contributed by atoms with Gasteiger partial charge in [-0.2, -0.15) is 0 Å². The molecule has 1 N–H and O–H groups in total. The van der Waals surface area contributed by atoms with Crippen molar-refractivity contribution in [2.75, 3.05) is 12.0 Å². The van der Waals surface area contributed by atoms with Crippen LogP contribution in [-0.2, 0) is 16.2 Å². The number of nitrogens with zero attached hydrogens (tertiary/aromatic N) is 1. The topological polar surface area (TPSA) is 84.9 Å². The predicted molar refractivity (Wildman–Crippen MR) is 137 cm³/mol. The number of hydrogen-bond acceptors (Lipinski definition) is 5. The molecule has 178 valence electrons. The van der Waals surface area contributed by atoms with Crippen molar-refractivity contribution in [2.24, 2.45) is 0 Å². The van der Waals surface area contributed by atoms with Crippen molar-refractivity contribution in [1.29, 1.82) is 0 Å². The molecule has 1 fully saturated rings. The number of amides is 4. The van der Waals surface area contributed by atoms with Crippen LogP contribution >= 0.6 is 27.5 Å². The molecular formula is C26H20BrClN2O5. The van der Waals surface area contributed by atoms with Crippen LogP contribution < -0.4 is 19.7 Å². The van der Waals surface area contributed by atoms with E-state index in [1.54, 1.807) is 36.4 Å². The number of rotatable bonds is 6. The fourth-order valence-corrected chi connectivity index (χ4v) is 4.11. The van der Waals surface area contributed by atoms with E-state index >= 15 is 0 Å². The van der Waals surface area contributed by atoms with Gasteiger partial charge in [-0.25, -0.2) is 9.69 Å². The van der Waals surface area contributed by atoms with Gasteiger partial charge in [0.05, 0.1) is 17.8 Å². The van der Waals surface area contributed by atoms with Crippen LogP contribution in [0.5, 0.6) is 11.5 Å². The van der Waals surface area contributed by atoms with Gasteiger partial charge in [0.25, 0.3) is 11.8 Å². The number of hydrogen-bond donors (Lipinski definition) is 1. The van der Waals surface area contributed by atoms with Crippen molar-refractivity contribution in [3.05, 3.63) is 92.4 Å². The summed E-state index contributed by atoms with van der Waals surface area (Å²) in [7, 11) is 1.47. The number of barbiturate groups is 1. The van der Waals surface area contributed by atoms with Gasteiger partial charge < -0.3 is 9.47 Å². The smallest absolute Gasteiger partial charge is 0.335 e. The molecule has 1 aliphatic rings. The summed E-state index contributed by atoms with van der Waals surface area (Å²) in [6.45, 7) is 2.27. The van der Waals surface area contributed by atoms with Crippen LogP contribution in [0.15, 0.2) is 70.7 Å². The Morgan fingerprint density at radius 3 is 2.49 bits per heavy atom. The standard InChI is InChI=1S/C26H20BrClN2O5/c1-15-4-3-5-16(10-15)14-35-23-21(28)12-17(13-22(23)34-2)11-20-24(31)29-26(33)30(25(20)32)19-8-6-18(27)7-9-19/h3-13H,14H2,1-2H3,(H,29,31,33)/b20-11+. The molecule has 4 rings (SSSR count). The van der Waals surface area contributed by atoms with Crippen LogP contribution in [-0.4, -0.2) is 25.0 Å². The Labute approximate surface area is 215 Å². The van der Waals surface area contributed by atoms with Gasteiger partial charge in [0.2, 0.25) is 0 Å². The lowest BCUT2D eigenvalue weighted by Gasteiger charge is -2.26. The van der Waals surface area contributed by atoms with Crippen LogP contribution in [0.25, 0.3) is 6.08 Å². The molecule has 0 saturated carbocycles. The molecule has 1 saturated heterocycles. The largest absolute Gasteiger partial charge is 0.493 e. The molecule has 0 unspecified atom stereocenters. The van der Waals surface area contributed by atoms with Crippen LogP contribution in [0.1, 0.15) is 16.7 Å². The van der Waals surface area contributed by atoms with Gasteiger partial charge in [0, 0.05) is 4.47 Å². The molecule has 0 atom stereocenters.